The highest BCUT2D eigenvalue weighted by Gasteiger charge is 2.42. The lowest BCUT2D eigenvalue weighted by Crippen LogP contribution is -2.41. The highest BCUT2D eigenvalue weighted by atomic mass is 16.7. The molecule has 2 aliphatic rings. The second kappa shape index (κ2) is 7.98. The number of amides is 1. The quantitative estimate of drug-likeness (QED) is 0.625. The molecule has 1 saturated heterocycles. The van der Waals surface area contributed by atoms with Crippen LogP contribution in [0.4, 0.5) is 5.82 Å². The third kappa shape index (κ3) is 3.84. The molecule has 1 saturated carbocycles. The molecule has 3 heterocycles. The first kappa shape index (κ1) is 20.6. The van der Waals surface area contributed by atoms with E-state index in [0.29, 0.717) is 30.9 Å². The number of nitrogens with zero attached hydrogens (tertiary/aromatic N) is 7. The lowest BCUT2D eigenvalue weighted by Gasteiger charge is -2.26. The Kier molecular flexibility index (Phi) is 5.13. The number of hydroxylamine groups is 1. The molecule has 0 bridgehead atoms. The topological polar surface area (TPSA) is 89.3 Å². The minimum absolute atomic E-state index is 0.0686. The van der Waals surface area contributed by atoms with Crippen LogP contribution in [-0.2, 0) is 10.3 Å². The maximum atomic E-state index is 13.5. The van der Waals surface area contributed by atoms with Gasteiger partial charge in [0.05, 0.1) is 42.8 Å². The molecule has 1 aliphatic heterocycles. The van der Waals surface area contributed by atoms with Crippen LogP contribution in [0.3, 0.4) is 0 Å². The molecule has 2 aromatic heterocycles. The van der Waals surface area contributed by atoms with Crippen molar-refractivity contribution in [2.24, 2.45) is 0 Å². The Bertz CT molecular complexity index is 1130. The van der Waals surface area contributed by atoms with Gasteiger partial charge in [0, 0.05) is 23.7 Å². The summed E-state index contributed by atoms with van der Waals surface area (Å²) >= 11 is 0. The van der Waals surface area contributed by atoms with Crippen LogP contribution < -0.4 is 5.06 Å². The van der Waals surface area contributed by atoms with Gasteiger partial charge in [-0.2, -0.15) is 15.0 Å². The molecule has 2 fully saturated rings. The van der Waals surface area contributed by atoms with Crippen LogP contribution >= 0.6 is 0 Å². The monoisotopic (exact) mass is 433 g/mol. The third-order valence-corrected chi connectivity index (χ3v) is 6.21. The second-order valence-corrected chi connectivity index (χ2v) is 8.83. The Morgan fingerprint density at radius 1 is 1.12 bits per heavy atom. The lowest BCUT2D eigenvalue weighted by atomic mass is 10.1. The minimum Gasteiger partial charge on any atom is -0.332 e. The summed E-state index contributed by atoms with van der Waals surface area (Å²) < 4.78 is 0. The zero-order chi connectivity index (χ0) is 22.3. The van der Waals surface area contributed by atoms with Crippen LogP contribution in [-0.4, -0.2) is 61.5 Å². The number of carbonyl (C=O) groups excluding carboxylic acids is 1. The Morgan fingerprint density at radius 2 is 1.88 bits per heavy atom. The molecule has 0 radical (unpaired) electrons. The number of aryl methyl sites for hydroxylation is 1. The van der Waals surface area contributed by atoms with E-state index in [1.807, 2.05) is 49.1 Å². The average molecular weight is 434 g/mol. The maximum Gasteiger partial charge on any atom is 0.256 e. The molecule has 1 amide bonds. The molecule has 3 aromatic rings. The van der Waals surface area contributed by atoms with Crippen molar-refractivity contribution < 1.29 is 9.63 Å². The van der Waals surface area contributed by atoms with Gasteiger partial charge >= 0.3 is 0 Å². The van der Waals surface area contributed by atoms with Gasteiger partial charge in [-0.25, -0.2) is 15.0 Å². The molecule has 1 aromatic carbocycles. The molecule has 1 atom stereocenters. The fourth-order valence-electron chi connectivity index (χ4n) is 3.94. The fraction of sp³-hybridized carbons (Fsp3) is 0.435. The normalized spacial score (nSPS) is 20.2. The maximum absolute atomic E-state index is 13.5. The van der Waals surface area contributed by atoms with E-state index in [1.165, 1.54) is 4.80 Å². The van der Waals surface area contributed by atoms with Gasteiger partial charge in [-0.1, -0.05) is 19.1 Å². The standard InChI is InChI=1S/C23H27N7O2/c1-16-14-20(27-22(26-16)23(3)8-9-23)29-13-12-28(17(2)15-32-29)21(31)18-6-4-5-7-19(18)30-24-10-11-25-30/h4-7,10-11,14,17H,8-9,12-13,15H2,1-3H3/t17-/m1/s1. The second-order valence-electron chi connectivity index (χ2n) is 8.83. The molecule has 0 N–H and O–H groups in total. The van der Waals surface area contributed by atoms with Crippen LogP contribution in [0.1, 0.15) is 48.6 Å². The van der Waals surface area contributed by atoms with Crippen molar-refractivity contribution in [2.75, 3.05) is 24.8 Å². The Hall–Kier alpha value is -3.33. The number of rotatable bonds is 4. The minimum atomic E-state index is -0.102. The van der Waals surface area contributed by atoms with Gasteiger partial charge in [0.15, 0.2) is 5.82 Å². The van der Waals surface area contributed by atoms with Gasteiger partial charge in [-0.15, -0.1) is 0 Å². The van der Waals surface area contributed by atoms with Crippen molar-refractivity contribution >= 4 is 11.7 Å². The summed E-state index contributed by atoms with van der Waals surface area (Å²) in [5.74, 6) is 1.56. The molecule has 9 nitrogen and oxygen atoms in total. The Morgan fingerprint density at radius 3 is 2.62 bits per heavy atom. The van der Waals surface area contributed by atoms with Crippen molar-refractivity contribution in [3.8, 4) is 5.69 Å². The number of hydrogen-bond acceptors (Lipinski definition) is 7. The summed E-state index contributed by atoms with van der Waals surface area (Å²) in [7, 11) is 0. The number of para-hydroxylation sites is 1. The lowest BCUT2D eigenvalue weighted by molar-refractivity contribution is 0.0599. The van der Waals surface area contributed by atoms with E-state index < -0.39 is 0 Å². The van der Waals surface area contributed by atoms with Gasteiger partial charge in [0.2, 0.25) is 0 Å². The Balaban J connectivity index is 1.38. The van der Waals surface area contributed by atoms with Crippen molar-refractivity contribution in [1.29, 1.82) is 0 Å². The summed E-state index contributed by atoms with van der Waals surface area (Å²) in [5, 5.41) is 10.2. The molecule has 32 heavy (non-hydrogen) atoms. The molecule has 0 unspecified atom stereocenters. The van der Waals surface area contributed by atoms with Crippen molar-refractivity contribution in [3.63, 3.8) is 0 Å². The summed E-state index contributed by atoms with van der Waals surface area (Å²) in [4.78, 5) is 32.4. The van der Waals surface area contributed by atoms with E-state index in [2.05, 4.69) is 22.1 Å². The fourth-order valence-corrected chi connectivity index (χ4v) is 3.94. The summed E-state index contributed by atoms with van der Waals surface area (Å²) in [6, 6.07) is 9.23. The predicted octanol–water partition coefficient (Wildman–Crippen LogP) is 2.70. The molecule has 9 heteroatoms. The average Bonchev–Trinajstić information content (AvgIpc) is 3.38. The zero-order valence-corrected chi connectivity index (χ0v) is 18.6. The van der Waals surface area contributed by atoms with Gasteiger partial charge in [-0.3, -0.25) is 9.63 Å². The van der Waals surface area contributed by atoms with E-state index in [1.54, 1.807) is 17.5 Å². The van der Waals surface area contributed by atoms with E-state index in [-0.39, 0.29) is 17.4 Å². The smallest absolute Gasteiger partial charge is 0.256 e. The predicted molar refractivity (Wildman–Crippen MR) is 119 cm³/mol. The van der Waals surface area contributed by atoms with Crippen LogP contribution in [0, 0.1) is 6.92 Å². The van der Waals surface area contributed by atoms with Gasteiger partial charge in [-0.05, 0) is 38.8 Å². The van der Waals surface area contributed by atoms with E-state index in [9.17, 15) is 4.79 Å². The van der Waals surface area contributed by atoms with Crippen molar-refractivity contribution in [1.82, 2.24) is 29.9 Å². The zero-order valence-electron chi connectivity index (χ0n) is 18.6. The van der Waals surface area contributed by atoms with Gasteiger partial charge in [0.1, 0.15) is 5.82 Å². The number of carbonyl (C=O) groups is 1. The molecule has 0 spiro atoms. The van der Waals surface area contributed by atoms with Crippen molar-refractivity contribution in [3.05, 3.63) is 59.8 Å². The highest BCUT2D eigenvalue weighted by Crippen LogP contribution is 2.46. The number of aromatic nitrogens is 5. The first-order valence-corrected chi connectivity index (χ1v) is 11.0. The van der Waals surface area contributed by atoms with Crippen LogP contribution in [0.15, 0.2) is 42.7 Å². The van der Waals surface area contributed by atoms with Crippen molar-refractivity contribution in [2.45, 2.75) is 45.1 Å². The molecule has 5 rings (SSSR count). The van der Waals surface area contributed by atoms with Crippen LogP contribution in [0.2, 0.25) is 0 Å². The van der Waals surface area contributed by atoms with Crippen LogP contribution in [0.25, 0.3) is 5.69 Å². The summed E-state index contributed by atoms with van der Waals surface area (Å²) in [5.41, 5.74) is 2.22. The number of anilines is 1. The molecular formula is C23H27N7O2. The van der Waals surface area contributed by atoms with E-state index in [4.69, 9.17) is 9.82 Å². The number of benzene rings is 1. The first-order chi connectivity index (χ1) is 15.4. The largest absolute Gasteiger partial charge is 0.332 e. The third-order valence-electron chi connectivity index (χ3n) is 6.21. The Labute approximate surface area is 187 Å². The SMILES string of the molecule is Cc1cc(N2CCN(C(=O)c3ccccc3-n3nccn3)[C@H](C)CO2)nc(C2(C)CC2)n1. The molecule has 166 valence electrons. The van der Waals surface area contributed by atoms with Crippen LogP contribution in [0.5, 0.6) is 0 Å². The van der Waals surface area contributed by atoms with Gasteiger partial charge in [0.25, 0.3) is 5.91 Å². The highest BCUT2D eigenvalue weighted by molar-refractivity contribution is 5.98. The number of hydrogen-bond donors (Lipinski definition) is 0. The molecule has 1 aliphatic carbocycles. The summed E-state index contributed by atoms with van der Waals surface area (Å²) in [6.45, 7) is 7.59. The first-order valence-electron chi connectivity index (χ1n) is 11.0. The van der Waals surface area contributed by atoms with E-state index in [0.717, 1.165) is 30.2 Å². The molecular weight excluding hydrogens is 406 g/mol. The van der Waals surface area contributed by atoms with E-state index >= 15 is 0 Å². The van der Waals surface area contributed by atoms with Gasteiger partial charge < -0.3 is 4.90 Å². The summed E-state index contributed by atoms with van der Waals surface area (Å²) in [6.07, 6.45) is 5.42.